The molecular formula is C25H31FN4O2. The molecule has 7 heteroatoms. The molecule has 1 fully saturated rings. The minimum absolute atomic E-state index is 0.186. The molecule has 1 aliphatic heterocycles. The number of piperidine rings is 1. The normalized spacial score (nSPS) is 16.9. The molecule has 170 valence electrons. The van der Waals surface area contributed by atoms with Gasteiger partial charge in [-0.15, -0.1) is 0 Å². The van der Waals surface area contributed by atoms with E-state index in [2.05, 4.69) is 21.1 Å². The highest BCUT2D eigenvalue weighted by molar-refractivity contribution is 5.86. The standard InChI is InChI=1S/C25H31FN4O2/c1-5-28-21-13-18(26)8-9-22(21)30-16-20(19-10-11-27-14-23(19)30)17-7-6-12-29(15-17)24(31)32-25(2,3)4/h8-11,13-14,16-17,28H,5-7,12,15H2,1-4H3. The Hall–Kier alpha value is -3.09. The topological polar surface area (TPSA) is 59.4 Å². The molecule has 3 heterocycles. The number of nitrogens with zero attached hydrogens (tertiary/aromatic N) is 3. The van der Waals surface area contributed by atoms with Crippen molar-refractivity contribution in [2.45, 2.75) is 52.1 Å². The smallest absolute Gasteiger partial charge is 0.410 e. The van der Waals surface area contributed by atoms with Crippen LogP contribution in [0.1, 0.15) is 52.0 Å². The third kappa shape index (κ3) is 4.56. The van der Waals surface area contributed by atoms with Gasteiger partial charge >= 0.3 is 6.09 Å². The molecule has 1 amide bonds. The Balaban J connectivity index is 1.72. The van der Waals surface area contributed by atoms with Gasteiger partial charge in [-0.2, -0.15) is 0 Å². The zero-order valence-corrected chi connectivity index (χ0v) is 19.2. The van der Waals surface area contributed by atoms with Gasteiger partial charge in [0.2, 0.25) is 0 Å². The summed E-state index contributed by atoms with van der Waals surface area (Å²) in [5, 5.41) is 4.36. The van der Waals surface area contributed by atoms with E-state index in [1.165, 1.54) is 17.7 Å². The SMILES string of the molecule is CCNc1cc(F)ccc1-n1cc(C2CCCN(C(=O)OC(C)(C)C)C2)c2ccncc21. The first-order chi connectivity index (χ1) is 15.3. The van der Waals surface area contributed by atoms with Gasteiger partial charge < -0.3 is 19.5 Å². The van der Waals surface area contributed by atoms with Crippen molar-refractivity contribution in [2.24, 2.45) is 0 Å². The summed E-state index contributed by atoms with van der Waals surface area (Å²) in [4.78, 5) is 18.8. The second-order valence-electron chi connectivity index (χ2n) is 9.30. The van der Waals surface area contributed by atoms with Gasteiger partial charge in [0.05, 0.1) is 23.1 Å². The number of nitrogens with one attached hydrogen (secondary N) is 1. The van der Waals surface area contributed by atoms with Crippen molar-refractivity contribution in [1.82, 2.24) is 14.5 Å². The third-order valence-electron chi connectivity index (χ3n) is 5.74. The number of amides is 1. The lowest BCUT2D eigenvalue weighted by Crippen LogP contribution is -2.42. The first-order valence-corrected chi connectivity index (χ1v) is 11.2. The minimum Gasteiger partial charge on any atom is -0.444 e. The van der Waals surface area contributed by atoms with E-state index in [0.29, 0.717) is 19.6 Å². The zero-order valence-electron chi connectivity index (χ0n) is 19.2. The molecule has 0 aliphatic carbocycles. The number of hydrogen-bond acceptors (Lipinski definition) is 4. The van der Waals surface area contributed by atoms with Gasteiger partial charge in [-0.05, 0) is 70.4 Å². The van der Waals surface area contributed by atoms with Crippen molar-refractivity contribution < 1.29 is 13.9 Å². The Morgan fingerprint density at radius 2 is 2.12 bits per heavy atom. The maximum atomic E-state index is 13.9. The summed E-state index contributed by atoms with van der Waals surface area (Å²) in [6.07, 6.45) is 7.39. The molecule has 0 saturated carbocycles. The van der Waals surface area contributed by atoms with Crippen LogP contribution in [0.4, 0.5) is 14.9 Å². The fourth-order valence-corrected chi connectivity index (χ4v) is 4.40. The van der Waals surface area contributed by atoms with Gasteiger partial charge in [0, 0.05) is 43.3 Å². The fourth-order valence-electron chi connectivity index (χ4n) is 4.40. The highest BCUT2D eigenvalue weighted by Gasteiger charge is 2.30. The van der Waals surface area contributed by atoms with Gasteiger partial charge in [-0.1, -0.05) is 0 Å². The Morgan fingerprint density at radius 1 is 1.31 bits per heavy atom. The number of ether oxygens (including phenoxy) is 1. The summed E-state index contributed by atoms with van der Waals surface area (Å²) < 4.78 is 21.6. The quantitative estimate of drug-likeness (QED) is 0.567. The van der Waals surface area contributed by atoms with Crippen molar-refractivity contribution in [3.05, 3.63) is 54.2 Å². The lowest BCUT2D eigenvalue weighted by Gasteiger charge is -2.34. The van der Waals surface area contributed by atoms with Crippen molar-refractivity contribution in [3.63, 3.8) is 0 Å². The predicted molar refractivity (Wildman–Crippen MR) is 125 cm³/mol. The van der Waals surface area contributed by atoms with Gasteiger partial charge in [0.25, 0.3) is 0 Å². The Bertz CT molecular complexity index is 1120. The van der Waals surface area contributed by atoms with Crippen molar-refractivity contribution in [3.8, 4) is 5.69 Å². The number of anilines is 1. The highest BCUT2D eigenvalue weighted by Crippen LogP contribution is 2.36. The van der Waals surface area contributed by atoms with Crippen LogP contribution in [0.2, 0.25) is 0 Å². The van der Waals surface area contributed by atoms with E-state index in [4.69, 9.17) is 4.74 Å². The number of likely N-dealkylation sites (tertiary alicyclic amines) is 1. The number of carbonyl (C=O) groups excluding carboxylic acids is 1. The molecule has 0 spiro atoms. The summed E-state index contributed by atoms with van der Waals surface area (Å²) in [5.74, 6) is -0.0924. The average Bonchev–Trinajstić information content (AvgIpc) is 3.13. The fraction of sp³-hybridized carbons (Fsp3) is 0.440. The molecule has 1 aliphatic rings. The zero-order chi connectivity index (χ0) is 22.9. The molecule has 1 N–H and O–H groups in total. The van der Waals surface area contributed by atoms with E-state index in [-0.39, 0.29) is 17.8 Å². The van der Waals surface area contributed by atoms with E-state index in [1.807, 2.05) is 44.9 Å². The molecule has 0 bridgehead atoms. The maximum Gasteiger partial charge on any atom is 0.410 e. The number of hydrogen-bond donors (Lipinski definition) is 1. The molecule has 1 unspecified atom stereocenters. The number of pyridine rings is 1. The van der Waals surface area contributed by atoms with Crippen LogP contribution >= 0.6 is 0 Å². The van der Waals surface area contributed by atoms with Crippen LogP contribution in [0.15, 0.2) is 42.9 Å². The minimum atomic E-state index is -0.517. The second-order valence-corrected chi connectivity index (χ2v) is 9.30. The van der Waals surface area contributed by atoms with Crippen LogP contribution in [-0.4, -0.2) is 45.8 Å². The van der Waals surface area contributed by atoms with E-state index >= 15 is 0 Å². The van der Waals surface area contributed by atoms with E-state index in [0.717, 1.165) is 35.1 Å². The summed E-state index contributed by atoms with van der Waals surface area (Å²) in [6.45, 7) is 9.65. The summed E-state index contributed by atoms with van der Waals surface area (Å²) in [7, 11) is 0. The molecule has 0 radical (unpaired) electrons. The van der Waals surface area contributed by atoms with Crippen molar-refractivity contribution >= 4 is 22.7 Å². The van der Waals surface area contributed by atoms with Crippen LogP contribution in [0.25, 0.3) is 16.6 Å². The van der Waals surface area contributed by atoms with Gasteiger partial charge in [-0.3, -0.25) is 4.98 Å². The third-order valence-corrected chi connectivity index (χ3v) is 5.74. The molecule has 1 saturated heterocycles. The highest BCUT2D eigenvalue weighted by atomic mass is 19.1. The molecule has 6 nitrogen and oxygen atoms in total. The summed E-state index contributed by atoms with van der Waals surface area (Å²) >= 11 is 0. The molecule has 1 atom stereocenters. The first kappa shape index (κ1) is 22.1. The summed E-state index contributed by atoms with van der Waals surface area (Å²) in [5.41, 5.74) is 3.22. The van der Waals surface area contributed by atoms with Crippen molar-refractivity contribution in [1.29, 1.82) is 0 Å². The lowest BCUT2D eigenvalue weighted by atomic mass is 9.91. The Morgan fingerprint density at radius 3 is 2.88 bits per heavy atom. The number of fused-ring (bicyclic) bond motifs is 1. The maximum absolute atomic E-state index is 13.9. The van der Waals surface area contributed by atoms with Gasteiger partial charge in [0.1, 0.15) is 11.4 Å². The molecule has 3 aromatic rings. The lowest BCUT2D eigenvalue weighted by molar-refractivity contribution is 0.0198. The molecule has 2 aromatic heterocycles. The Kier molecular flexibility index (Phi) is 6.09. The second kappa shape index (κ2) is 8.81. The Labute approximate surface area is 188 Å². The van der Waals surface area contributed by atoms with Crippen LogP contribution < -0.4 is 5.32 Å². The molecule has 4 rings (SSSR count). The number of carbonyl (C=O) groups is 1. The van der Waals surface area contributed by atoms with E-state index < -0.39 is 5.60 Å². The number of rotatable bonds is 4. The van der Waals surface area contributed by atoms with Crippen LogP contribution in [0, 0.1) is 5.82 Å². The van der Waals surface area contributed by atoms with Crippen LogP contribution in [-0.2, 0) is 4.74 Å². The monoisotopic (exact) mass is 438 g/mol. The first-order valence-electron chi connectivity index (χ1n) is 11.2. The number of benzene rings is 1. The van der Waals surface area contributed by atoms with Gasteiger partial charge in [-0.25, -0.2) is 9.18 Å². The molecular weight excluding hydrogens is 407 g/mol. The molecule has 1 aromatic carbocycles. The van der Waals surface area contributed by atoms with Crippen molar-refractivity contribution in [2.75, 3.05) is 25.0 Å². The van der Waals surface area contributed by atoms with E-state index in [9.17, 15) is 9.18 Å². The van der Waals surface area contributed by atoms with Gasteiger partial charge in [0.15, 0.2) is 0 Å². The average molecular weight is 439 g/mol. The largest absolute Gasteiger partial charge is 0.444 e. The molecule has 32 heavy (non-hydrogen) atoms. The number of halogens is 1. The number of aromatic nitrogens is 2. The summed E-state index contributed by atoms with van der Waals surface area (Å²) in [6, 6.07) is 6.80. The van der Waals surface area contributed by atoms with Crippen LogP contribution in [0.3, 0.4) is 0 Å². The van der Waals surface area contributed by atoms with Crippen LogP contribution in [0.5, 0.6) is 0 Å². The van der Waals surface area contributed by atoms with E-state index in [1.54, 1.807) is 12.3 Å². The predicted octanol–water partition coefficient (Wildman–Crippen LogP) is 5.71.